The van der Waals surface area contributed by atoms with Gasteiger partial charge < -0.3 is 10.8 Å². The van der Waals surface area contributed by atoms with Crippen LogP contribution in [0.3, 0.4) is 0 Å². The van der Waals surface area contributed by atoms with Gasteiger partial charge in [0.1, 0.15) is 11.4 Å². The van der Waals surface area contributed by atoms with Gasteiger partial charge in [0.25, 0.3) is 0 Å². The molecule has 94 valence electrons. The number of hydrogen-bond acceptors (Lipinski definition) is 3. The second kappa shape index (κ2) is 4.87. The number of anilines is 1. The second-order valence-electron chi connectivity index (χ2n) is 3.89. The van der Waals surface area contributed by atoms with Gasteiger partial charge in [0.2, 0.25) is 0 Å². The van der Waals surface area contributed by atoms with Gasteiger partial charge in [0, 0.05) is 0 Å². The van der Waals surface area contributed by atoms with Crippen molar-refractivity contribution in [3.05, 3.63) is 46.9 Å². The van der Waals surface area contributed by atoms with Gasteiger partial charge in [-0.05, 0) is 30.5 Å². The lowest BCUT2D eigenvalue weighted by Gasteiger charge is -2.01. The number of benzene rings is 1. The van der Waals surface area contributed by atoms with E-state index in [2.05, 4.69) is 10.2 Å². The van der Waals surface area contributed by atoms with Gasteiger partial charge in [-0.1, -0.05) is 12.1 Å². The van der Waals surface area contributed by atoms with Crippen LogP contribution in [0.25, 0.3) is 0 Å². The highest BCUT2D eigenvalue weighted by atomic mass is 19.1. The van der Waals surface area contributed by atoms with Crippen molar-refractivity contribution >= 4 is 11.8 Å². The van der Waals surface area contributed by atoms with E-state index in [-0.39, 0.29) is 17.2 Å². The third kappa shape index (κ3) is 2.48. The summed E-state index contributed by atoms with van der Waals surface area (Å²) in [6.45, 7) is 0. The Morgan fingerprint density at radius 1 is 1.33 bits per heavy atom. The van der Waals surface area contributed by atoms with E-state index in [0.717, 1.165) is 5.56 Å². The number of nitrogen functional groups attached to an aromatic ring is 1. The van der Waals surface area contributed by atoms with Crippen LogP contribution >= 0.6 is 0 Å². The minimum Gasteiger partial charge on any atom is -0.477 e. The number of nitrogens with one attached hydrogen (secondary N) is 1. The summed E-state index contributed by atoms with van der Waals surface area (Å²) in [5.41, 5.74) is 6.86. The zero-order valence-corrected chi connectivity index (χ0v) is 9.48. The lowest BCUT2D eigenvalue weighted by atomic mass is 10.1. The van der Waals surface area contributed by atoms with E-state index in [4.69, 9.17) is 10.8 Å². The molecule has 6 heteroatoms. The van der Waals surface area contributed by atoms with Crippen molar-refractivity contribution in [2.45, 2.75) is 12.8 Å². The van der Waals surface area contributed by atoms with Gasteiger partial charge in [0.05, 0.1) is 5.69 Å². The molecule has 4 N–H and O–H groups in total. The monoisotopic (exact) mass is 249 g/mol. The summed E-state index contributed by atoms with van der Waals surface area (Å²) in [6, 6.07) is 6.06. The van der Waals surface area contributed by atoms with E-state index in [9.17, 15) is 9.18 Å². The molecule has 0 radical (unpaired) electrons. The number of hydrogen-bond donors (Lipinski definition) is 3. The first kappa shape index (κ1) is 12.1. The van der Waals surface area contributed by atoms with Crippen LogP contribution in [0.15, 0.2) is 24.3 Å². The molecule has 0 fully saturated rings. The Balaban J connectivity index is 2.11. The van der Waals surface area contributed by atoms with Crippen molar-refractivity contribution in [2.24, 2.45) is 0 Å². The first-order chi connectivity index (χ1) is 8.58. The van der Waals surface area contributed by atoms with Gasteiger partial charge in [-0.25, -0.2) is 9.18 Å². The molecule has 0 atom stereocenters. The van der Waals surface area contributed by atoms with E-state index in [1.165, 1.54) is 12.1 Å². The van der Waals surface area contributed by atoms with Crippen molar-refractivity contribution in [3.8, 4) is 0 Å². The molecule has 0 saturated carbocycles. The molecule has 0 unspecified atom stereocenters. The topological polar surface area (TPSA) is 92.0 Å². The van der Waals surface area contributed by atoms with E-state index >= 15 is 0 Å². The second-order valence-corrected chi connectivity index (χ2v) is 3.89. The summed E-state index contributed by atoms with van der Waals surface area (Å²) in [5, 5.41) is 15.3. The number of aromatic nitrogens is 2. The molecule has 1 aromatic heterocycles. The van der Waals surface area contributed by atoms with Crippen LogP contribution in [0, 0.1) is 5.82 Å². The Morgan fingerprint density at radius 2 is 2.00 bits per heavy atom. The lowest BCUT2D eigenvalue weighted by molar-refractivity contribution is 0.0697. The third-order valence-electron chi connectivity index (χ3n) is 2.66. The highest BCUT2D eigenvalue weighted by Gasteiger charge is 2.17. The molecule has 18 heavy (non-hydrogen) atoms. The minimum absolute atomic E-state index is 0.0112. The smallest absolute Gasteiger partial charge is 0.341 e. The Kier molecular flexibility index (Phi) is 3.27. The molecule has 1 aromatic carbocycles. The highest BCUT2D eigenvalue weighted by Crippen LogP contribution is 2.15. The fourth-order valence-electron chi connectivity index (χ4n) is 1.73. The molecule has 0 aliphatic heterocycles. The number of rotatable bonds is 4. The average Bonchev–Trinajstić information content (AvgIpc) is 2.70. The predicted molar refractivity (Wildman–Crippen MR) is 63.8 cm³/mol. The number of carboxylic acids is 1. The van der Waals surface area contributed by atoms with Crippen molar-refractivity contribution in [1.82, 2.24) is 10.2 Å². The molecule has 0 aliphatic rings. The maximum absolute atomic E-state index is 12.7. The summed E-state index contributed by atoms with van der Waals surface area (Å²) >= 11 is 0. The number of nitrogens with zero attached hydrogens (tertiary/aromatic N) is 1. The summed E-state index contributed by atoms with van der Waals surface area (Å²) in [6.07, 6.45) is 1.04. The van der Waals surface area contributed by atoms with Crippen LogP contribution in [-0.4, -0.2) is 21.3 Å². The minimum atomic E-state index is -1.10. The van der Waals surface area contributed by atoms with Crippen molar-refractivity contribution < 1.29 is 14.3 Å². The zero-order chi connectivity index (χ0) is 13.1. The van der Waals surface area contributed by atoms with Crippen molar-refractivity contribution in [1.29, 1.82) is 0 Å². The molecule has 0 spiro atoms. The van der Waals surface area contributed by atoms with Crippen molar-refractivity contribution in [2.75, 3.05) is 5.73 Å². The van der Waals surface area contributed by atoms with Crippen LogP contribution in [0.1, 0.15) is 21.6 Å². The molecular formula is C12H12FN3O2. The van der Waals surface area contributed by atoms with Crippen LogP contribution in [-0.2, 0) is 12.8 Å². The fourth-order valence-corrected chi connectivity index (χ4v) is 1.73. The average molecular weight is 249 g/mol. The van der Waals surface area contributed by atoms with Gasteiger partial charge in [-0.3, -0.25) is 5.10 Å². The largest absolute Gasteiger partial charge is 0.477 e. The molecule has 0 saturated heterocycles. The Morgan fingerprint density at radius 3 is 2.61 bits per heavy atom. The third-order valence-corrected chi connectivity index (χ3v) is 2.66. The van der Waals surface area contributed by atoms with E-state index in [1.807, 2.05) is 0 Å². The summed E-state index contributed by atoms with van der Waals surface area (Å²) < 4.78 is 12.7. The number of halogens is 1. The maximum atomic E-state index is 12.7. The predicted octanol–water partition coefficient (Wildman–Crippen LogP) is 1.61. The van der Waals surface area contributed by atoms with E-state index in [1.54, 1.807) is 12.1 Å². The molecule has 0 amide bonds. The maximum Gasteiger partial charge on any atom is 0.341 e. The molecule has 2 rings (SSSR count). The normalized spacial score (nSPS) is 10.5. The van der Waals surface area contributed by atoms with Crippen LogP contribution in [0.4, 0.5) is 10.2 Å². The lowest BCUT2D eigenvalue weighted by Crippen LogP contribution is -2.04. The first-order valence-electron chi connectivity index (χ1n) is 5.38. The number of H-pyrrole nitrogens is 1. The molecular weight excluding hydrogens is 237 g/mol. The molecule has 0 bridgehead atoms. The quantitative estimate of drug-likeness (QED) is 0.767. The highest BCUT2D eigenvalue weighted by molar-refractivity contribution is 5.93. The van der Waals surface area contributed by atoms with Gasteiger partial charge in [-0.2, -0.15) is 5.10 Å². The van der Waals surface area contributed by atoms with Crippen molar-refractivity contribution in [3.63, 3.8) is 0 Å². The van der Waals surface area contributed by atoms with Crippen LogP contribution in [0.2, 0.25) is 0 Å². The number of carbonyl (C=O) groups is 1. The molecule has 1 heterocycles. The number of nitrogens with two attached hydrogens (primary N) is 1. The Labute approximate surface area is 102 Å². The number of aromatic carboxylic acids is 1. The van der Waals surface area contributed by atoms with E-state index < -0.39 is 5.97 Å². The summed E-state index contributed by atoms with van der Waals surface area (Å²) in [4.78, 5) is 11.0. The Hall–Kier alpha value is -2.37. The van der Waals surface area contributed by atoms with Crippen LogP contribution < -0.4 is 5.73 Å². The van der Waals surface area contributed by atoms with Crippen LogP contribution in [0.5, 0.6) is 0 Å². The zero-order valence-electron chi connectivity index (χ0n) is 9.48. The summed E-state index contributed by atoms with van der Waals surface area (Å²) in [5.74, 6) is -1.41. The van der Waals surface area contributed by atoms with Gasteiger partial charge in [-0.15, -0.1) is 0 Å². The molecule has 5 nitrogen and oxygen atoms in total. The number of aromatic amines is 1. The number of aryl methyl sites for hydroxylation is 2. The molecule has 0 aliphatic carbocycles. The fraction of sp³-hybridized carbons (Fsp3) is 0.167. The SMILES string of the molecule is Nc1n[nH]c(CCc2ccc(F)cc2)c1C(=O)O. The Bertz CT molecular complexity index is 563. The first-order valence-corrected chi connectivity index (χ1v) is 5.38. The molecule has 2 aromatic rings. The summed E-state index contributed by atoms with van der Waals surface area (Å²) in [7, 11) is 0. The van der Waals surface area contributed by atoms with Gasteiger partial charge in [0.15, 0.2) is 5.82 Å². The standard InChI is InChI=1S/C12H12FN3O2/c13-8-4-1-7(2-5-8)3-6-9-10(12(17)18)11(14)16-15-9/h1-2,4-5H,3,6H2,(H,17,18)(H3,14,15,16). The van der Waals surface area contributed by atoms with E-state index in [0.29, 0.717) is 18.5 Å². The number of carboxylic acid groups (broad SMARTS) is 1. The van der Waals surface area contributed by atoms with Gasteiger partial charge >= 0.3 is 5.97 Å².